The molecule has 0 aromatic heterocycles. The van der Waals surface area contributed by atoms with Gasteiger partial charge in [-0.2, -0.15) is 0 Å². The SMILES string of the molecule is CC1CCN(C(=Nc2ccccc2)NN)CC1. The van der Waals surface area contributed by atoms with Crippen molar-refractivity contribution in [3.05, 3.63) is 30.3 Å². The Kier molecular flexibility index (Phi) is 3.98. The second-order valence-electron chi connectivity index (χ2n) is 4.58. The number of aliphatic imine (C=N–C) groups is 1. The number of hydrogen-bond acceptors (Lipinski definition) is 2. The van der Waals surface area contributed by atoms with Crippen LogP contribution in [0, 0.1) is 5.92 Å². The number of likely N-dealkylation sites (tertiary alicyclic amines) is 1. The Bertz CT molecular complexity index is 366. The molecule has 2 rings (SSSR count). The number of rotatable bonds is 1. The minimum atomic E-state index is 0.767. The summed E-state index contributed by atoms with van der Waals surface area (Å²) in [6, 6.07) is 9.89. The number of nitrogens with two attached hydrogens (primary N) is 1. The minimum Gasteiger partial charge on any atom is -0.342 e. The van der Waals surface area contributed by atoms with E-state index in [1.165, 1.54) is 12.8 Å². The summed E-state index contributed by atoms with van der Waals surface area (Å²) in [6.07, 6.45) is 2.41. The van der Waals surface area contributed by atoms with Gasteiger partial charge in [-0.25, -0.2) is 10.8 Å². The third-order valence-corrected chi connectivity index (χ3v) is 3.20. The summed E-state index contributed by atoms with van der Waals surface area (Å²) in [6.45, 7) is 4.34. The van der Waals surface area contributed by atoms with Gasteiger partial charge in [0.1, 0.15) is 0 Å². The quantitative estimate of drug-likeness (QED) is 0.336. The fourth-order valence-corrected chi connectivity index (χ4v) is 2.04. The standard InChI is InChI=1S/C13H20N4/c1-11-7-9-17(10-8-11)13(16-14)15-12-5-3-2-4-6-12/h2-6,11H,7-10,14H2,1H3,(H,15,16). The second kappa shape index (κ2) is 5.68. The number of guanidine groups is 1. The average molecular weight is 232 g/mol. The van der Waals surface area contributed by atoms with Gasteiger partial charge in [0, 0.05) is 13.1 Å². The highest BCUT2D eigenvalue weighted by Crippen LogP contribution is 2.17. The van der Waals surface area contributed by atoms with Crippen molar-refractivity contribution in [3.63, 3.8) is 0 Å². The van der Waals surface area contributed by atoms with Crippen LogP contribution in [-0.4, -0.2) is 23.9 Å². The van der Waals surface area contributed by atoms with Crippen LogP contribution < -0.4 is 11.3 Å². The lowest BCUT2D eigenvalue weighted by molar-refractivity contribution is 0.274. The lowest BCUT2D eigenvalue weighted by Gasteiger charge is -2.32. The molecule has 1 aromatic rings. The average Bonchev–Trinajstić information content (AvgIpc) is 2.38. The molecule has 0 aliphatic carbocycles. The molecule has 1 fully saturated rings. The van der Waals surface area contributed by atoms with E-state index in [1.807, 2.05) is 30.3 Å². The van der Waals surface area contributed by atoms with E-state index >= 15 is 0 Å². The lowest BCUT2D eigenvalue weighted by Crippen LogP contribution is -2.47. The van der Waals surface area contributed by atoms with E-state index in [-0.39, 0.29) is 0 Å². The highest BCUT2D eigenvalue weighted by Gasteiger charge is 2.18. The number of hydrogen-bond donors (Lipinski definition) is 2. The van der Waals surface area contributed by atoms with E-state index in [0.29, 0.717) is 0 Å². The first kappa shape index (κ1) is 11.9. The fourth-order valence-electron chi connectivity index (χ4n) is 2.04. The van der Waals surface area contributed by atoms with Gasteiger partial charge in [0.15, 0.2) is 0 Å². The number of piperidine rings is 1. The molecule has 1 aliphatic heterocycles. The highest BCUT2D eigenvalue weighted by molar-refractivity contribution is 5.82. The maximum Gasteiger partial charge on any atom is 0.213 e. The molecule has 4 heteroatoms. The molecule has 1 saturated heterocycles. The summed E-state index contributed by atoms with van der Waals surface area (Å²) < 4.78 is 0. The zero-order valence-corrected chi connectivity index (χ0v) is 10.3. The van der Waals surface area contributed by atoms with Crippen molar-refractivity contribution in [2.24, 2.45) is 16.8 Å². The van der Waals surface area contributed by atoms with Crippen molar-refractivity contribution in [3.8, 4) is 0 Å². The molecule has 0 amide bonds. The lowest BCUT2D eigenvalue weighted by atomic mass is 10.00. The predicted molar refractivity (Wildman–Crippen MR) is 70.8 cm³/mol. The van der Waals surface area contributed by atoms with Gasteiger partial charge in [-0.05, 0) is 30.9 Å². The van der Waals surface area contributed by atoms with Crippen LogP contribution in [0.3, 0.4) is 0 Å². The summed E-state index contributed by atoms with van der Waals surface area (Å²) in [4.78, 5) is 6.75. The number of para-hydroxylation sites is 1. The number of benzene rings is 1. The van der Waals surface area contributed by atoms with E-state index in [0.717, 1.165) is 30.7 Å². The van der Waals surface area contributed by atoms with Crippen LogP contribution >= 0.6 is 0 Å². The van der Waals surface area contributed by atoms with Crippen LogP contribution in [0.1, 0.15) is 19.8 Å². The summed E-state index contributed by atoms with van der Waals surface area (Å²) in [7, 11) is 0. The Morgan fingerprint density at radius 1 is 1.29 bits per heavy atom. The molecule has 92 valence electrons. The zero-order valence-electron chi connectivity index (χ0n) is 10.3. The monoisotopic (exact) mass is 232 g/mol. The van der Waals surface area contributed by atoms with Crippen LogP contribution in [0.4, 0.5) is 5.69 Å². The molecular formula is C13H20N4. The van der Waals surface area contributed by atoms with Gasteiger partial charge >= 0.3 is 0 Å². The van der Waals surface area contributed by atoms with Crippen LogP contribution in [0.15, 0.2) is 35.3 Å². The molecule has 0 spiro atoms. The van der Waals surface area contributed by atoms with Crippen LogP contribution in [0.5, 0.6) is 0 Å². The molecule has 0 radical (unpaired) electrons. The largest absolute Gasteiger partial charge is 0.342 e. The topological polar surface area (TPSA) is 53.6 Å². The molecular weight excluding hydrogens is 212 g/mol. The van der Waals surface area contributed by atoms with Crippen LogP contribution in [0.25, 0.3) is 0 Å². The molecule has 1 aromatic carbocycles. The molecule has 0 atom stereocenters. The predicted octanol–water partition coefficient (Wildman–Crippen LogP) is 1.87. The van der Waals surface area contributed by atoms with E-state index in [1.54, 1.807) is 0 Å². The number of hydrazine groups is 1. The molecule has 4 nitrogen and oxygen atoms in total. The Labute approximate surface area is 102 Å². The Morgan fingerprint density at radius 2 is 1.94 bits per heavy atom. The van der Waals surface area contributed by atoms with E-state index in [4.69, 9.17) is 5.84 Å². The molecule has 0 unspecified atom stereocenters. The Morgan fingerprint density at radius 3 is 2.53 bits per heavy atom. The van der Waals surface area contributed by atoms with Crippen molar-refractivity contribution in [1.29, 1.82) is 0 Å². The zero-order chi connectivity index (χ0) is 12.1. The summed E-state index contributed by atoms with van der Waals surface area (Å²) in [5.74, 6) is 7.14. The van der Waals surface area contributed by atoms with Crippen molar-refractivity contribution < 1.29 is 0 Å². The van der Waals surface area contributed by atoms with E-state index < -0.39 is 0 Å². The van der Waals surface area contributed by atoms with Gasteiger partial charge in [-0.15, -0.1) is 0 Å². The highest BCUT2D eigenvalue weighted by atomic mass is 15.4. The third-order valence-electron chi connectivity index (χ3n) is 3.20. The minimum absolute atomic E-state index is 0.767. The van der Waals surface area contributed by atoms with Gasteiger partial charge in [0.25, 0.3) is 0 Å². The van der Waals surface area contributed by atoms with E-state index in [2.05, 4.69) is 22.2 Å². The van der Waals surface area contributed by atoms with Crippen LogP contribution in [-0.2, 0) is 0 Å². The first-order valence-electron chi connectivity index (χ1n) is 6.15. The second-order valence-corrected chi connectivity index (χ2v) is 4.58. The van der Waals surface area contributed by atoms with Crippen molar-refractivity contribution >= 4 is 11.6 Å². The molecule has 17 heavy (non-hydrogen) atoms. The normalized spacial score (nSPS) is 18.2. The fraction of sp³-hybridized carbons (Fsp3) is 0.462. The van der Waals surface area contributed by atoms with Crippen molar-refractivity contribution in [2.45, 2.75) is 19.8 Å². The maximum atomic E-state index is 5.56. The van der Waals surface area contributed by atoms with Gasteiger partial charge in [0.05, 0.1) is 5.69 Å². The first-order chi connectivity index (χ1) is 8.29. The smallest absolute Gasteiger partial charge is 0.213 e. The van der Waals surface area contributed by atoms with Crippen molar-refractivity contribution in [1.82, 2.24) is 10.3 Å². The number of nitrogens with zero attached hydrogens (tertiary/aromatic N) is 2. The molecule has 3 N–H and O–H groups in total. The Hall–Kier alpha value is -1.55. The maximum absolute atomic E-state index is 5.56. The van der Waals surface area contributed by atoms with Gasteiger partial charge in [-0.3, -0.25) is 5.43 Å². The third kappa shape index (κ3) is 3.20. The van der Waals surface area contributed by atoms with Gasteiger partial charge < -0.3 is 4.90 Å². The van der Waals surface area contributed by atoms with Gasteiger partial charge in [0.2, 0.25) is 5.96 Å². The summed E-state index contributed by atoms with van der Waals surface area (Å²) in [5, 5.41) is 0. The van der Waals surface area contributed by atoms with Crippen molar-refractivity contribution in [2.75, 3.05) is 13.1 Å². The molecule has 1 aliphatic rings. The molecule has 0 bridgehead atoms. The molecule has 0 saturated carbocycles. The van der Waals surface area contributed by atoms with Crippen LogP contribution in [0.2, 0.25) is 0 Å². The van der Waals surface area contributed by atoms with Gasteiger partial charge in [-0.1, -0.05) is 25.1 Å². The number of nitrogens with one attached hydrogen (secondary N) is 1. The first-order valence-corrected chi connectivity index (χ1v) is 6.15. The summed E-state index contributed by atoms with van der Waals surface area (Å²) >= 11 is 0. The molecule has 1 heterocycles. The Balaban J connectivity index is 2.08. The van der Waals surface area contributed by atoms with E-state index in [9.17, 15) is 0 Å². The summed E-state index contributed by atoms with van der Waals surface area (Å²) in [5.41, 5.74) is 3.64.